The van der Waals surface area contributed by atoms with Crippen molar-refractivity contribution >= 4 is 0 Å². The highest BCUT2D eigenvalue weighted by Gasteiger charge is 2.20. The molecule has 1 heterocycles. The Hall–Kier alpha value is -1.09. The quantitative estimate of drug-likeness (QED) is 0.858. The number of hydrogen-bond acceptors (Lipinski definition) is 3. The second-order valence-corrected chi connectivity index (χ2v) is 6.54. The second-order valence-electron chi connectivity index (χ2n) is 6.54. The van der Waals surface area contributed by atoms with Crippen molar-refractivity contribution in [1.82, 2.24) is 10.3 Å². The van der Waals surface area contributed by atoms with Gasteiger partial charge in [0.25, 0.3) is 0 Å². The van der Waals surface area contributed by atoms with Gasteiger partial charge in [0.05, 0.1) is 0 Å². The first-order chi connectivity index (χ1) is 9.63. The zero-order valence-corrected chi connectivity index (χ0v) is 13.1. The molecular formula is C17H28N2O. The summed E-state index contributed by atoms with van der Waals surface area (Å²) in [6.07, 6.45) is 7.24. The summed E-state index contributed by atoms with van der Waals surface area (Å²) in [4.78, 5) is 4.43. The smallest absolute Gasteiger partial charge is 0.213 e. The van der Waals surface area contributed by atoms with E-state index in [4.69, 9.17) is 4.74 Å². The number of ether oxygens (including phenoxy) is 1. The van der Waals surface area contributed by atoms with Crippen molar-refractivity contribution in [3.05, 3.63) is 23.9 Å². The molecule has 2 rings (SSSR count). The Morgan fingerprint density at radius 1 is 1.35 bits per heavy atom. The highest BCUT2D eigenvalue weighted by molar-refractivity contribution is 5.18. The van der Waals surface area contributed by atoms with Crippen LogP contribution in [0.5, 0.6) is 5.88 Å². The minimum atomic E-state index is 0.358. The summed E-state index contributed by atoms with van der Waals surface area (Å²) >= 11 is 0. The van der Waals surface area contributed by atoms with Gasteiger partial charge >= 0.3 is 0 Å². The molecule has 1 saturated carbocycles. The maximum Gasteiger partial charge on any atom is 0.213 e. The highest BCUT2D eigenvalue weighted by atomic mass is 16.5. The summed E-state index contributed by atoms with van der Waals surface area (Å²) in [5.41, 5.74) is 1.22. The molecule has 0 aliphatic heterocycles. The maximum absolute atomic E-state index is 5.99. The summed E-state index contributed by atoms with van der Waals surface area (Å²) in [6, 6.07) is 4.12. The monoisotopic (exact) mass is 276 g/mol. The molecule has 2 atom stereocenters. The van der Waals surface area contributed by atoms with E-state index in [-0.39, 0.29) is 0 Å². The molecule has 0 saturated heterocycles. The zero-order chi connectivity index (χ0) is 14.4. The molecule has 0 amide bonds. The van der Waals surface area contributed by atoms with E-state index in [9.17, 15) is 0 Å². The fraction of sp³-hybridized carbons (Fsp3) is 0.706. The molecule has 112 valence electrons. The van der Waals surface area contributed by atoms with Gasteiger partial charge in [-0.1, -0.05) is 33.3 Å². The van der Waals surface area contributed by atoms with Gasteiger partial charge in [0.15, 0.2) is 0 Å². The van der Waals surface area contributed by atoms with Crippen LogP contribution in [0.2, 0.25) is 0 Å². The van der Waals surface area contributed by atoms with E-state index in [2.05, 4.69) is 37.1 Å². The SMILES string of the molecule is CC(C)CNCc1ccc(OC2CCCC(C)C2)nc1. The van der Waals surface area contributed by atoms with Crippen LogP contribution in [-0.2, 0) is 6.54 Å². The molecule has 1 N–H and O–H groups in total. The lowest BCUT2D eigenvalue weighted by atomic mass is 9.89. The Balaban J connectivity index is 1.79. The van der Waals surface area contributed by atoms with Crippen molar-refractivity contribution in [1.29, 1.82) is 0 Å². The molecule has 1 aliphatic carbocycles. The molecule has 0 bridgehead atoms. The van der Waals surface area contributed by atoms with Crippen LogP contribution in [0.25, 0.3) is 0 Å². The summed E-state index contributed by atoms with van der Waals surface area (Å²) in [5.74, 6) is 2.24. The molecule has 1 aromatic heterocycles. The molecule has 0 spiro atoms. The van der Waals surface area contributed by atoms with Crippen LogP contribution in [0.3, 0.4) is 0 Å². The standard InChI is InChI=1S/C17H28N2O/c1-13(2)10-18-11-15-7-8-17(19-12-15)20-16-6-4-5-14(3)9-16/h7-8,12-14,16,18H,4-6,9-11H2,1-3H3. The number of nitrogens with one attached hydrogen (secondary N) is 1. The molecular weight excluding hydrogens is 248 g/mol. The summed E-state index contributed by atoms with van der Waals surface area (Å²) in [7, 11) is 0. The largest absolute Gasteiger partial charge is 0.474 e. The van der Waals surface area contributed by atoms with Gasteiger partial charge in [-0.2, -0.15) is 0 Å². The van der Waals surface area contributed by atoms with E-state index in [1.54, 1.807) is 0 Å². The van der Waals surface area contributed by atoms with Crippen LogP contribution >= 0.6 is 0 Å². The first kappa shape index (κ1) is 15.3. The highest BCUT2D eigenvalue weighted by Crippen LogP contribution is 2.26. The second kappa shape index (κ2) is 7.63. The zero-order valence-electron chi connectivity index (χ0n) is 13.1. The molecule has 0 aromatic carbocycles. The Kier molecular flexibility index (Phi) is 5.84. The molecule has 3 heteroatoms. The van der Waals surface area contributed by atoms with E-state index in [1.165, 1.54) is 31.2 Å². The Bertz CT molecular complexity index is 388. The third-order valence-corrected chi connectivity index (χ3v) is 3.86. The molecule has 1 aliphatic rings. The summed E-state index contributed by atoms with van der Waals surface area (Å²) < 4.78 is 5.99. The third kappa shape index (κ3) is 5.12. The van der Waals surface area contributed by atoms with Crippen LogP contribution < -0.4 is 10.1 Å². The van der Waals surface area contributed by atoms with Gasteiger partial charge in [0, 0.05) is 18.8 Å². The van der Waals surface area contributed by atoms with Crippen molar-refractivity contribution in [2.45, 2.75) is 59.1 Å². The third-order valence-electron chi connectivity index (χ3n) is 3.86. The molecule has 20 heavy (non-hydrogen) atoms. The lowest BCUT2D eigenvalue weighted by Gasteiger charge is -2.26. The van der Waals surface area contributed by atoms with Gasteiger partial charge in [-0.05, 0) is 43.2 Å². The van der Waals surface area contributed by atoms with Crippen LogP contribution in [0.15, 0.2) is 18.3 Å². The van der Waals surface area contributed by atoms with Gasteiger partial charge in [-0.15, -0.1) is 0 Å². The normalized spacial score (nSPS) is 23.0. The first-order valence-electron chi connectivity index (χ1n) is 7.95. The predicted molar refractivity (Wildman–Crippen MR) is 82.8 cm³/mol. The number of hydrogen-bond donors (Lipinski definition) is 1. The molecule has 3 nitrogen and oxygen atoms in total. The number of pyridine rings is 1. The van der Waals surface area contributed by atoms with E-state index in [0.717, 1.165) is 24.9 Å². The van der Waals surface area contributed by atoms with Crippen molar-refractivity contribution in [3.8, 4) is 5.88 Å². The molecule has 1 aromatic rings. The Labute approximate surface area is 123 Å². The number of rotatable bonds is 6. The van der Waals surface area contributed by atoms with Crippen LogP contribution in [0.4, 0.5) is 0 Å². The Morgan fingerprint density at radius 2 is 2.20 bits per heavy atom. The topological polar surface area (TPSA) is 34.1 Å². The average molecular weight is 276 g/mol. The van der Waals surface area contributed by atoms with E-state index < -0.39 is 0 Å². The van der Waals surface area contributed by atoms with Gasteiger partial charge in [-0.25, -0.2) is 4.98 Å². The summed E-state index contributed by atoms with van der Waals surface area (Å²) in [6.45, 7) is 8.66. The fourth-order valence-corrected chi connectivity index (χ4v) is 2.75. The number of aromatic nitrogens is 1. The minimum Gasteiger partial charge on any atom is -0.474 e. The van der Waals surface area contributed by atoms with E-state index in [1.807, 2.05) is 12.3 Å². The van der Waals surface area contributed by atoms with Crippen molar-refractivity contribution in [3.63, 3.8) is 0 Å². The average Bonchev–Trinajstić information content (AvgIpc) is 2.40. The fourth-order valence-electron chi connectivity index (χ4n) is 2.75. The number of nitrogens with zero attached hydrogens (tertiary/aromatic N) is 1. The van der Waals surface area contributed by atoms with Gasteiger partial charge in [0.1, 0.15) is 6.10 Å². The van der Waals surface area contributed by atoms with Crippen LogP contribution in [-0.4, -0.2) is 17.6 Å². The molecule has 2 unspecified atom stereocenters. The van der Waals surface area contributed by atoms with Crippen molar-refractivity contribution in [2.24, 2.45) is 11.8 Å². The maximum atomic E-state index is 5.99. The predicted octanol–water partition coefficient (Wildman–Crippen LogP) is 3.78. The Morgan fingerprint density at radius 3 is 2.85 bits per heavy atom. The molecule has 1 fully saturated rings. The first-order valence-corrected chi connectivity index (χ1v) is 7.95. The van der Waals surface area contributed by atoms with Crippen LogP contribution in [0.1, 0.15) is 52.0 Å². The van der Waals surface area contributed by atoms with Gasteiger partial charge in [0.2, 0.25) is 5.88 Å². The van der Waals surface area contributed by atoms with Gasteiger partial charge < -0.3 is 10.1 Å². The van der Waals surface area contributed by atoms with Crippen LogP contribution in [0, 0.1) is 11.8 Å². The lowest BCUT2D eigenvalue weighted by Crippen LogP contribution is -2.24. The summed E-state index contributed by atoms with van der Waals surface area (Å²) in [5, 5.41) is 3.43. The lowest BCUT2D eigenvalue weighted by molar-refractivity contribution is 0.124. The van der Waals surface area contributed by atoms with E-state index in [0.29, 0.717) is 12.0 Å². The van der Waals surface area contributed by atoms with Gasteiger partial charge in [-0.3, -0.25) is 0 Å². The molecule has 0 radical (unpaired) electrons. The van der Waals surface area contributed by atoms with E-state index >= 15 is 0 Å². The van der Waals surface area contributed by atoms with Crippen molar-refractivity contribution < 1.29 is 4.74 Å². The minimum absolute atomic E-state index is 0.358. The van der Waals surface area contributed by atoms with Crippen molar-refractivity contribution in [2.75, 3.05) is 6.54 Å².